The molecular weight excluding hydrogens is 210 g/mol. The van der Waals surface area contributed by atoms with Gasteiger partial charge in [-0.25, -0.2) is 4.98 Å². The number of nitrogens with zero attached hydrogens (tertiary/aromatic N) is 2. The van der Waals surface area contributed by atoms with Crippen LogP contribution in [-0.4, -0.2) is 16.6 Å². The van der Waals surface area contributed by atoms with Crippen LogP contribution in [0.1, 0.15) is 16.8 Å². The van der Waals surface area contributed by atoms with Gasteiger partial charge in [-0.2, -0.15) is 0 Å². The Bertz CT molecular complexity index is 474. The molecule has 1 aromatic heterocycles. The Labute approximate surface area is 103 Å². The molecule has 90 valence electrons. The molecule has 2 rings (SSSR count). The summed E-state index contributed by atoms with van der Waals surface area (Å²) >= 11 is 0. The van der Waals surface area contributed by atoms with Gasteiger partial charge < -0.3 is 9.88 Å². The van der Waals surface area contributed by atoms with Gasteiger partial charge in [0.2, 0.25) is 0 Å². The van der Waals surface area contributed by atoms with Crippen molar-refractivity contribution in [3.63, 3.8) is 0 Å². The van der Waals surface area contributed by atoms with Gasteiger partial charge in [0.15, 0.2) is 0 Å². The van der Waals surface area contributed by atoms with Gasteiger partial charge in [0.05, 0.1) is 12.0 Å². The number of aromatic nitrogens is 2. The first-order valence-corrected chi connectivity index (χ1v) is 5.99. The molecule has 0 saturated heterocycles. The van der Waals surface area contributed by atoms with E-state index in [1.54, 1.807) is 0 Å². The zero-order chi connectivity index (χ0) is 12.1. The van der Waals surface area contributed by atoms with Gasteiger partial charge in [-0.1, -0.05) is 24.3 Å². The van der Waals surface area contributed by atoms with Crippen LogP contribution in [0.4, 0.5) is 0 Å². The third-order valence-corrected chi connectivity index (χ3v) is 2.95. The lowest BCUT2D eigenvalue weighted by molar-refractivity contribution is 0.691. The summed E-state index contributed by atoms with van der Waals surface area (Å²) in [6, 6.07) is 8.54. The lowest BCUT2D eigenvalue weighted by atomic mass is 10.1. The van der Waals surface area contributed by atoms with E-state index in [0.29, 0.717) is 0 Å². The molecule has 1 heterocycles. The molecule has 2 aromatic rings. The minimum atomic E-state index is 0.831. The Morgan fingerprint density at radius 1 is 1.29 bits per heavy atom. The summed E-state index contributed by atoms with van der Waals surface area (Å²) in [6.45, 7) is 3.98. The predicted molar refractivity (Wildman–Crippen MR) is 69.9 cm³/mol. The normalized spacial score (nSPS) is 10.7. The third kappa shape index (κ3) is 3.17. The maximum Gasteiger partial charge on any atom is 0.0950 e. The van der Waals surface area contributed by atoms with E-state index < -0.39 is 0 Å². The van der Waals surface area contributed by atoms with Crippen molar-refractivity contribution in [2.45, 2.75) is 26.4 Å². The van der Waals surface area contributed by atoms with Crippen LogP contribution in [0.5, 0.6) is 0 Å². The largest absolute Gasteiger partial charge is 0.337 e. The highest BCUT2D eigenvalue weighted by Crippen LogP contribution is 2.09. The Balaban J connectivity index is 1.95. The second-order valence-corrected chi connectivity index (χ2v) is 4.31. The number of hydrogen-bond acceptors (Lipinski definition) is 2. The Kier molecular flexibility index (Phi) is 3.94. The summed E-state index contributed by atoms with van der Waals surface area (Å²) in [5.74, 6) is 0. The van der Waals surface area contributed by atoms with E-state index in [2.05, 4.69) is 52.3 Å². The zero-order valence-corrected chi connectivity index (χ0v) is 10.5. The number of benzene rings is 1. The molecule has 0 aliphatic carbocycles. The lowest BCUT2D eigenvalue weighted by Gasteiger charge is -2.05. The number of aryl methyl sites for hydroxylation is 3. The highest BCUT2D eigenvalue weighted by atomic mass is 15.0. The second-order valence-electron chi connectivity index (χ2n) is 4.31. The molecule has 0 radical (unpaired) electrons. The van der Waals surface area contributed by atoms with Gasteiger partial charge in [0.25, 0.3) is 0 Å². The maximum atomic E-state index is 4.34. The van der Waals surface area contributed by atoms with Crippen LogP contribution in [0.15, 0.2) is 36.8 Å². The smallest absolute Gasteiger partial charge is 0.0950 e. The molecule has 0 fully saturated rings. The lowest BCUT2D eigenvalue weighted by Crippen LogP contribution is -2.05. The van der Waals surface area contributed by atoms with Gasteiger partial charge in [0.1, 0.15) is 0 Å². The Hall–Kier alpha value is -1.61. The molecule has 0 aliphatic heterocycles. The van der Waals surface area contributed by atoms with Crippen molar-refractivity contribution < 1.29 is 0 Å². The molecule has 3 heteroatoms. The van der Waals surface area contributed by atoms with E-state index >= 15 is 0 Å². The first-order valence-electron chi connectivity index (χ1n) is 5.99. The molecule has 1 N–H and O–H groups in total. The SMILES string of the molecule is CNCc1cn(CCc2ccccc2C)cn1. The topological polar surface area (TPSA) is 29.9 Å². The van der Waals surface area contributed by atoms with Crippen molar-refractivity contribution >= 4 is 0 Å². The summed E-state index contributed by atoms with van der Waals surface area (Å²) in [7, 11) is 1.94. The van der Waals surface area contributed by atoms with E-state index in [4.69, 9.17) is 0 Å². The fourth-order valence-corrected chi connectivity index (χ4v) is 1.94. The van der Waals surface area contributed by atoms with Crippen LogP contribution >= 0.6 is 0 Å². The first-order chi connectivity index (χ1) is 8.29. The monoisotopic (exact) mass is 229 g/mol. The second kappa shape index (κ2) is 5.64. The number of rotatable bonds is 5. The average Bonchev–Trinajstić information content (AvgIpc) is 2.76. The minimum Gasteiger partial charge on any atom is -0.337 e. The highest BCUT2D eigenvalue weighted by Gasteiger charge is 2.00. The summed E-state index contributed by atoms with van der Waals surface area (Å²) in [5, 5.41) is 3.10. The minimum absolute atomic E-state index is 0.831. The van der Waals surface area contributed by atoms with E-state index in [9.17, 15) is 0 Å². The van der Waals surface area contributed by atoms with Crippen LogP contribution in [0.3, 0.4) is 0 Å². The van der Waals surface area contributed by atoms with Crippen LogP contribution < -0.4 is 5.32 Å². The molecule has 0 atom stereocenters. The van der Waals surface area contributed by atoms with Gasteiger partial charge in [-0.15, -0.1) is 0 Å². The first kappa shape index (κ1) is 11.9. The van der Waals surface area contributed by atoms with Crippen molar-refractivity contribution in [3.8, 4) is 0 Å². The molecule has 1 aromatic carbocycles. The van der Waals surface area contributed by atoms with Gasteiger partial charge >= 0.3 is 0 Å². The maximum absolute atomic E-state index is 4.34. The van der Waals surface area contributed by atoms with E-state index in [0.717, 1.165) is 25.2 Å². The molecule has 0 bridgehead atoms. The van der Waals surface area contributed by atoms with Crippen LogP contribution in [0, 0.1) is 6.92 Å². The molecule has 0 spiro atoms. The quantitative estimate of drug-likeness (QED) is 0.851. The molecule has 0 unspecified atom stereocenters. The van der Waals surface area contributed by atoms with Crippen molar-refractivity contribution in [2.75, 3.05) is 7.05 Å². The number of nitrogens with one attached hydrogen (secondary N) is 1. The third-order valence-electron chi connectivity index (χ3n) is 2.95. The predicted octanol–water partition coefficient (Wildman–Crippen LogP) is 2.15. The number of hydrogen-bond donors (Lipinski definition) is 1. The fourth-order valence-electron chi connectivity index (χ4n) is 1.94. The fraction of sp³-hybridized carbons (Fsp3) is 0.357. The molecule has 3 nitrogen and oxygen atoms in total. The Morgan fingerprint density at radius 2 is 2.12 bits per heavy atom. The van der Waals surface area contributed by atoms with Crippen molar-refractivity contribution in [3.05, 3.63) is 53.6 Å². The van der Waals surface area contributed by atoms with Crippen LogP contribution in [-0.2, 0) is 19.5 Å². The number of imidazole rings is 1. The van der Waals surface area contributed by atoms with Crippen LogP contribution in [0.25, 0.3) is 0 Å². The summed E-state index contributed by atoms with van der Waals surface area (Å²) in [4.78, 5) is 4.34. The molecule has 0 amide bonds. The van der Waals surface area contributed by atoms with Gasteiger partial charge in [0, 0.05) is 19.3 Å². The summed E-state index contributed by atoms with van der Waals surface area (Å²) in [5.41, 5.74) is 3.87. The Morgan fingerprint density at radius 3 is 2.88 bits per heavy atom. The zero-order valence-electron chi connectivity index (χ0n) is 10.5. The van der Waals surface area contributed by atoms with Gasteiger partial charge in [-0.05, 0) is 31.5 Å². The molecule has 0 aliphatic rings. The van der Waals surface area contributed by atoms with Crippen molar-refractivity contribution in [1.29, 1.82) is 0 Å². The highest BCUT2D eigenvalue weighted by molar-refractivity contribution is 5.25. The van der Waals surface area contributed by atoms with Crippen molar-refractivity contribution in [1.82, 2.24) is 14.9 Å². The van der Waals surface area contributed by atoms with E-state index in [1.165, 1.54) is 11.1 Å². The van der Waals surface area contributed by atoms with Crippen molar-refractivity contribution in [2.24, 2.45) is 0 Å². The van der Waals surface area contributed by atoms with Crippen LogP contribution in [0.2, 0.25) is 0 Å². The summed E-state index contributed by atoms with van der Waals surface area (Å²) < 4.78 is 2.15. The van der Waals surface area contributed by atoms with Gasteiger partial charge in [-0.3, -0.25) is 0 Å². The molecular formula is C14H19N3. The van der Waals surface area contributed by atoms with E-state index in [-0.39, 0.29) is 0 Å². The molecule has 0 saturated carbocycles. The van der Waals surface area contributed by atoms with E-state index in [1.807, 2.05) is 13.4 Å². The summed E-state index contributed by atoms with van der Waals surface area (Å²) in [6.07, 6.45) is 5.07. The average molecular weight is 229 g/mol. The standard InChI is InChI=1S/C14H19N3/c1-12-5-3-4-6-13(12)7-8-17-10-14(9-15-2)16-11-17/h3-6,10-11,15H,7-9H2,1-2H3. The molecule has 17 heavy (non-hydrogen) atoms.